The van der Waals surface area contributed by atoms with Crippen molar-refractivity contribution >= 4 is 54.7 Å². The van der Waals surface area contributed by atoms with E-state index in [4.69, 9.17) is 6.57 Å². The average molecular weight is 364 g/mol. The van der Waals surface area contributed by atoms with Crippen LogP contribution in [0.1, 0.15) is 5.56 Å². The SMILES string of the molecule is [C-]#[N+]c1cc2cc[n+](C)c3c4c(C)cc(F)c5c6ccccc6n(c(c1)c23)c54. The zero-order valence-corrected chi connectivity index (χ0v) is 15.4. The first-order valence-corrected chi connectivity index (χ1v) is 9.17. The summed E-state index contributed by atoms with van der Waals surface area (Å²) >= 11 is 0. The zero-order valence-electron chi connectivity index (χ0n) is 15.4. The van der Waals surface area contributed by atoms with Gasteiger partial charge >= 0.3 is 0 Å². The molecule has 0 saturated heterocycles. The number of pyridine rings is 2. The van der Waals surface area contributed by atoms with Crippen LogP contribution in [0.3, 0.4) is 0 Å². The number of rotatable bonds is 0. The summed E-state index contributed by atoms with van der Waals surface area (Å²) in [7, 11) is 2.02. The first-order chi connectivity index (χ1) is 13.6. The van der Waals surface area contributed by atoms with Gasteiger partial charge in [-0.15, -0.1) is 0 Å². The molecule has 6 rings (SSSR count). The number of nitrogens with zero attached hydrogens (tertiary/aromatic N) is 3. The molecule has 0 aliphatic carbocycles. The van der Waals surface area contributed by atoms with Crippen LogP contribution in [0.4, 0.5) is 10.1 Å². The van der Waals surface area contributed by atoms with Gasteiger partial charge in [-0.3, -0.25) is 0 Å². The molecule has 0 unspecified atom stereocenters. The van der Waals surface area contributed by atoms with Crippen molar-refractivity contribution in [2.45, 2.75) is 6.92 Å². The minimum atomic E-state index is -0.203. The van der Waals surface area contributed by atoms with Gasteiger partial charge in [0.2, 0.25) is 5.52 Å². The lowest BCUT2D eigenvalue weighted by molar-refractivity contribution is -0.643. The second-order valence-electron chi connectivity index (χ2n) is 7.44. The van der Waals surface area contributed by atoms with E-state index in [9.17, 15) is 0 Å². The molecule has 0 aliphatic rings. The summed E-state index contributed by atoms with van der Waals surface area (Å²) in [5.74, 6) is -0.203. The van der Waals surface area contributed by atoms with E-state index in [0.717, 1.165) is 49.2 Å². The molecule has 0 aliphatic heterocycles. The molecule has 6 aromatic rings. The molecule has 3 aromatic carbocycles. The van der Waals surface area contributed by atoms with Crippen LogP contribution in [0.25, 0.3) is 53.8 Å². The topological polar surface area (TPSA) is 12.7 Å². The van der Waals surface area contributed by atoms with Crippen LogP contribution in [0.15, 0.2) is 54.7 Å². The maximum Gasteiger partial charge on any atom is 0.224 e. The Morgan fingerprint density at radius 2 is 1.82 bits per heavy atom. The number of benzene rings is 3. The Morgan fingerprint density at radius 3 is 2.64 bits per heavy atom. The van der Waals surface area contributed by atoms with Crippen LogP contribution in [0.5, 0.6) is 0 Å². The Morgan fingerprint density at radius 1 is 1.00 bits per heavy atom. The van der Waals surface area contributed by atoms with Gasteiger partial charge in [-0.2, -0.15) is 0 Å². The highest BCUT2D eigenvalue weighted by atomic mass is 19.1. The Bertz CT molecular complexity index is 1650. The molecule has 132 valence electrons. The third-order valence-corrected chi connectivity index (χ3v) is 5.89. The molecule has 28 heavy (non-hydrogen) atoms. The number of hydrogen-bond acceptors (Lipinski definition) is 0. The summed E-state index contributed by atoms with van der Waals surface area (Å²) in [6.45, 7) is 9.51. The van der Waals surface area contributed by atoms with E-state index in [0.29, 0.717) is 11.1 Å². The van der Waals surface area contributed by atoms with Crippen molar-refractivity contribution in [3.8, 4) is 0 Å². The van der Waals surface area contributed by atoms with Gasteiger partial charge < -0.3 is 4.40 Å². The van der Waals surface area contributed by atoms with Crippen molar-refractivity contribution in [1.29, 1.82) is 0 Å². The summed E-state index contributed by atoms with van der Waals surface area (Å²) in [5, 5.41) is 4.73. The van der Waals surface area contributed by atoms with Crippen molar-refractivity contribution in [2.75, 3.05) is 0 Å². The molecule has 4 heteroatoms. The summed E-state index contributed by atoms with van der Waals surface area (Å²) in [6, 6.07) is 15.5. The highest BCUT2D eigenvalue weighted by Gasteiger charge is 2.25. The van der Waals surface area contributed by atoms with Gasteiger partial charge in [0, 0.05) is 16.8 Å². The molecular weight excluding hydrogens is 349 g/mol. The Hall–Kier alpha value is -3.71. The van der Waals surface area contributed by atoms with Gasteiger partial charge in [-0.05, 0) is 42.1 Å². The van der Waals surface area contributed by atoms with Gasteiger partial charge in [0.25, 0.3) is 0 Å². The number of aryl methyl sites for hydroxylation is 2. The molecule has 0 radical (unpaired) electrons. The molecule has 0 amide bonds. The first-order valence-electron chi connectivity index (χ1n) is 9.17. The standard InChI is InChI=1S/C24H15FN3/c1-13-10-17(25)22-16-6-4-5-7-18(16)28-19-12-15(26-2)11-14-8-9-27(3)23(21(14)19)20(13)24(22)28/h4-12H,1,3H3/q+1. The third-order valence-electron chi connectivity index (χ3n) is 5.89. The Balaban J connectivity index is 2.16. The lowest BCUT2D eigenvalue weighted by atomic mass is 9.99. The Kier molecular flexibility index (Phi) is 2.72. The third kappa shape index (κ3) is 1.65. The van der Waals surface area contributed by atoms with E-state index in [1.54, 1.807) is 6.07 Å². The summed E-state index contributed by atoms with van der Waals surface area (Å²) in [5.41, 5.74) is 5.36. The van der Waals surface area contributed by atoms with E-state index in [1.807, 2.05) is 62.6 Å². The maximum atomic E-state index is 15.2. The van der Waals surface area contributed by atoms with Crippen molar-refractivity contribution in [2.24, 2.45) is 7.05 Å². The highest BCUT2D eigenvalue weighted by molar-refractivity contribution is 6.26. The Labute approximate surface area is 160 Å². The summed E-state index contributed by atoms with van der Waals surface area (Å²) in [4.78, 5) is 3.68. The second-order valence-corrected chi connectivity index (χ2v) is 7.44. The van der Waals surface area contributed by atoms with Crippen LogP contribution < -0.4 is 4.57 Å². The quantitative estimate of drug-likeness (QED) is 0.140. The number of para-hydroxylation sites is 1. The van der Waals surface area contributed by atoms with E-state index >= 15 is 4.39 Å². The molecule has 0 saturated carbocycles. The molecule has 0 fully saturated rings. The lowest BCUT2D eigenvalue weighted by Gasteiger charge is -2.13. The molecule has 0 N–H and O–H groups in total. The first kappa shape index (κ1) is 15.4. The van der Waals surface area contributed by atoms with Gasteiger partial charge in [0.15, 0.2) is 11.9 Å². The maximum absolute atomic E-state index is 15.2. The number of hydrogen-bond donors (Lipinski definition) is 0. The molecule has 0 atom stereocenters. The van der Waals surface area contributed by atoms with Gasteiger partial charge in [0.05, 0.1) is 33.9 Å². The van der Waals surface area contributed by atoms with Crippen molar-refractivity contribution in [1.82, 2.24) is 4.40 Å². The van der Waals surface area contributed by atoms with Crippen LogP contribution in [-0.4, -0.2) is 4.40 Å². The lowest BCUT2D eigenvalue weighted by Crippen LogP contribution is -2.28. The number of halogens is 1. The van der Waals surface area contributed by atoms with Crippen molar-refractivity contribution < 1.29 is 8.96 Å². The molecule has 3 nitrogen and oxygen atoms in total. The van der Waals surface area contributed by atoms with E-state index < -0.39 is 0 Å². The van der Waals surface area contributed by atoms with Crippen molar-refractivity contribution in [3.05, 3.63) is 77.5 Å². The summed E-state index contributed by atoms with van der Waals surface area (Å²) < 4.78 is 19.4. The largest absolute Gasteiger partial charge is 0.309 e. The fourth-order valence-electron chi connectivity index (χ4n) is 4.80. The molecular formula is C24H15FN3+. The molecule has 3 heterocycles. The minimum Gasteiger partial charge on any atom is -0.309 e. The van der Waals surface area contributed by atoms with Gasteiger partial charge in [0.1, 0.15) is 12.9 Å². The highest BCUT2D eigenvalue weighted by Crippen LogP contribution is 2.42. The fraction of sp³-hybridized carbons (Fsp3) is 0.0833. The van der Waals surface area contributed by atoms with E-state index in [2.05, 4.69) is 13.8 Å². The second kappa shape index (κ2) is 4.96. The van der Waals surface area contributed by atoms with Crippen LogP contribution in [0, 0.1) is 19.3 Å². The van der Waals surface area contributed by atoms with Crippen LogP contribution in [0.2, 0.25) is 0 Å². The number of aromatic nitrogens is 2. The predicted octanol–water partition coefficient (Wildman–Crippen LogP) is 5.81. The zero-order chi connectivity index (χ0) is 19.2. The predicted molar refractivity (Wildman–Crippen MR) is 111 cm³/mol. The van der Waals surface area contributed by atoms with E-state index in [1.165, 1.54) is 0 Å². The van der Waals surface area contributed by atoms with Crippen molar-refractivity contribution in [3.63, 3.8) is 0 Å². The number of fused-ring (bicyclic) bond motifs is 5. The van der Waals surface area contributed by atoms with E-state index in [-0.39, 0.29) is 5.82 Å². The summed E-state index contributed by atoms with van der Waals surface area (Å²) in [6.07, 6.45) is 2.02. The molecule has 3 aromatic heterocycles. The average Bonchev–Trinajstić information content (AvgIpc) is 3.05. The fourth-order valence-corrected chi connectivity index (χ4v) is 4.80. The minimum absolute atomic E-state index is 0.203. The molecule has 0 spiro atoms. The van der Waals surface area contributed by atoms with Crippen LogP contribution in [-0.2, 0) is 7.05 Å². The van der Waals surface area contributed by atoms with Gasteiger partial charge in [-0.1, -0.05) is 18.2 Å². The van der Waals surface area contributed by atoms with Gasteiger partial charge in [-0.25, -0.2) is 13.8 Å². The van der Waals surface area contributed by atoms with Crippen LogP contribution >= 0.6 is 0 Å². The monoisotopic (exact) mass is 364 g/mol. The normalized spacial score (nSPS) is 12.1. The smallest absolute Gasteiger partial charge is 0.224 e. The molecule has 0 bridgehead atoms.